The van der Waals surface area contributed by atoms with Gasteiger partial charge >= 0.3 is 0 Å². The third-order valence-corrected chi connectivity index (χ3v) is 9.43. The standard InChI is InChI=1S/C24H23Cl3N4O3S/c1-24(9-3-2-4-10-24)35(32,33)31-19-7-8-21(29-18(19)15-28-31)30-12-5-6-16-20(30)14-17(26)23(22(16)27)34-13-11-25/h2-4,7-9,14-15H,5-6,10-13H2,1H3. The summed E-state index contributed by atoms with van der Waals surface area (Å²) in [4.78, 5) is 6.77. The maximum Gasteiger partial charge on any atom is 0.263 e. The molecule has 0 saturated heterocycles. The van der Waals surface area contributed by atoms with Crippen molar-refractivity contribution in [2.75, 3.05) is 23.9 Å². The Hall–Kier alpha value is -2.26. The molecular weight excluding hydrogens is 531 g/mol. The third kappa shape index (κ3) is 4.10. The largest absolute Gasteiger partial charge is 0.489 e. The van der Waals surface area contributed by atoms with Gasteiger partial charge in [-0.05, 0) is 49.9 Å². The predicted octanol–water partition coefficient (Wildman–Crippen LogP) is 5.89. The van der Waals surface area contributed by atoms with Crippen LogP contribution >= 0.6 is 34.8 Å². The quantitative estimate of drug-likeness (QED) is 0.354. The van der Waals surface area contributed by atoms with Gasteiger partial charge in [0.15, 0.2) is 5.75 Å². The number of ether oxygens (including phenoxy) is 1. The van der Waals surface area contributed by atoms with Crippen molar-refractivity contribution in [1.82, 2.24) is 14.2 Å². The lowest BCUT2D eigenvalue weighted by molar-refractivity contribution is 0.343. The van der Waals surface area contributed by atoms with E-state index in [0.717, 1.165) is 28.2 Å². The maximum absolute atomic E-state index is 13.4. The van der Waals surface area contributed by atoms with Crippen LogP contribution in [0.5, 0.6) is 5.75 Å². The van der Waals surface area contributed by atoms with Gasteiger partial charge in [-0.3, -0.25) is 0 Å². The van der Waals surface area contributed by atoms with Crippen molar-refractivity contribution in [2.24, 2.45) is 0 Å². The fourth-order valence-electron chi connectivity index (χ4n) is 4.47. The molecular formula is C24H23Cl3N4O3S. The number of hydrogen-bond donors (Lipinski definition) is 0. The zero-order valence-electron chi connectivity index (χ0n) is 18.9. The highest BCUT2D eigenvalue weighted by Gasteiger charge is 2.39. The van der Waals surface area contributed by atoms with Crippen molar-refractivity contribution in [3.8, 4) is 5.75 Å². The number of pyridine rings is 1. The van der Waals surface area contributed by atoms with E-state index in [4.69, 9.17) is 44.5 Å². The van der Waals surface area contributed by atoms with E-state index in [1.165, 1.54) is 6.20 Å². The van der Waals surface area contributed by atoms with Gasteiger partial charge in [0.1, 0.15) is 28.2 Å². The van der Waals surface area contributed by atoms with Gasteiger partial charge in [-0.25, -0.2) is 13.4 Å². The van der Waals surface area contributed by atoms with Gasteiger partial charge in [-0.2, -0.15) is 9.19 Å². The lowest BCUT2D eigenvalue weighted by atomic mass is 10.0. The molecule has 0 amide bonds. The number of alkyl halides is 1. The smallest absolute Gasteiger partial charge is 0.263 e. The fourth-order valence-corrected chi connectivity index (χ4v) is 6.73. The van der Waals surface area contributed by atoms with E-state index in [9.17, 15) is 8.42 Å². The molecule has 0 radical (unpaired) electrons. The number of halogens is 3. The van der Waals surface area contributed by atoms with Gasteiger partial charge in [0.25, 0.3) is 10.0 Å². The van der Waals surface area contributed by atoms with Crippen LogP contribution < -0.4 is 9.64 Å². The first-order valence-corrected chi connectivity index (χ1v) is 13.9. The molecule has 0 fully saturated rings. The van der Waals surface area contributed by atoms with Crippen molar-refractivity contribution in [3.05, 3.63) is 64.3 Å². The van der Waals surface area contributed by atoms with Gasteiger partial charge in [-0.1, -0.05) is 47.5 Å². The third-order valence-electron chi connectivity index (χ3n) is 6.37. The highest BCUT2D eigenvalue weighted by atomic mass is 35.5. The Bertz CT molecular complexity index is 1470. The lowest BCUT2D eigenvalue weighted by Crippen LogP contribution is -2.38. The maximum atomic E-state index is 13.4. The van der Waals surface area contributed by atoms with Crippen LogP contribution in [0.25, 0.3) is 11.0 Å². The average Bonchev–Trinajstić information content (AvgIpc) is 3.28. The Balaban J connectivity index is 1.54. The van der Waals surface area contributed by atoms with Crippen LogP contribution in [0.2, 0.25) is 10.0 Å². The zero-order chi connectivity index (χ0) is 24.8. The molecule has 1 aliphatic heterocycles. The summed E-state index contributed by atoms with van der Waals surface area (Å²) in [5, 5.41) is 5.08. The summed E-state index contributed by atoms with van der Waals surface area (Å²) in [6.45, 7) is 2.71. The van der Waals surface area contributed by atoms with Crippen LogP contribution in [-0.2, 0) is 16.4 Å². The van der Waals surface area contributed by atoms with E-state index in [0.29, 0.717) is 58.1 Å². The summed E-state index contributed by atoms with van der Waals surface area (Å²) in [7, 11) is -3.80. The van der Waals surface area contributed by atoms with E-state index in [1.54, 1.807) is 31.2 Å². The first-order valence-electron chi connectivity index (χ1n) is 11.2. The Morgan fingerprint density at radius 1 is 1.23 bits per heavy atom. The van der Waals surface area contributed by atoms with Crippen LogP contribution in [-0.4, -0.2) is 46.4 Å². The van der Waals surface area contributed by atoms with Gasteiger partial charge in [-0.15, -0.1) is 11.6 Å². The normalized spacial score (nSPS) is 19.8. The van der Waals surface area contributed by atoms with E-state index in [1.807, 2.05) is 23.1 Å². The number of aromatic nitrogens is 3. The molecule has 11 heteroatoms. The van der Waals surface area contributed by atoms with Gasteiger partial charge in [0.2, 0.25) is 0 Å². The monoisotopic (exact) mass is 552 g/mol. The topological polar surface area (TPSA) is 77.3 Å². The van der Waals surface area contributed by atoms with Crippen molar-refractivity contribution in [1.29, 1.82) is 0 Å². The molecule has 1 atom stereocenters. The molecule has 35 heavy (non-hydrogen) atoms. The number of anilines is 2. The molecule has 7 nitrogen and oxygen atoms in total. The van der Waals surface area contributed by atoms with Crippen molar-refractivity contribution >= 4 is 67.4 Å². The van der Waals surface area contributed by atoms with Crippen LogP contribution in [0.15, 0.2) is 48.7 Å². The Labute approximate surface area is 219 Å². The second kappa shape index (κ2) is 9.32. The number of rotatable bonds is 6. The summed E-state index contributed by atoms with van der Waals surface area (Å²) in [5.74, 6) is 1.42. The molecule has 0 N–H and O–H groups in total. The minimum atomic E-state index is -3.80. The van der Waals surface area contributed by atoms with Gasteiger partial charge in [0, 0.05) is 12.2 Å². The summed E-state index contributed by atoms with van der Waals surface area (Å²) >= 11 is 18.9. The summed E-state index contributed by atoms with van der Waals surface area (Å²) in [5.41, 5.74) is 2.69. The van der Waals surface area contributed by atoms with E-state index in [-0.39, 0.29) is 0 Å². The summed E-state index contributed by atoms with van der Waals surface area (Å²) < 4.78 is 32.6. The van der Waals surface area contributed by atoms with Crippen molar-refractivity contribution < 1.29 is 13.2 Å². The number of fused-ring (bicyclic) bond motifs is 2. The second-order valence-corrected chi connectivity index (χ2v) is 12.1. The van der Waals surface area contributed by atoms with E-state index in [2.05, 4.69) is 5.10 Å². The molecule has 0 saturated carbocycles. The van der Waals surface area contributed by atoms with Crippen LogP contribution in [0, 0.1) is 0 Å². The van der Waals surface area contributed by atoms with Crippen molar-refractivity contribution in [3.63, 3.8) is 0 Å². The SMILES string of the molecule is CC1(S(=O)(=O)n2ncc3nc(N4CCCc5c4cc(Cl)c(OCCCl)c5Cl)ccc32)C=CC=CC1. The molecule has 3 aromatic rings. The van der Waals surface area contributed by atoms with Gasteiger partial charge < -0.3 is 9.64 Å². The molecule has 2 aliphatic rings. The predicted molar refractivity (Wildman–Crippen MR) is 141 cm³/mol. The molecule has 2 aromatic heterocycles. The minimum Gasteiger partial charge on any atom is -0.489 e. The number of nitrogens with zero attached hydrogens (tertiary/aromatic N) is 4. The fraction of sp³-hybridized carbons (Fsp3) is 0.333. The number of allylic oxidation sites excluding steroid dienone is 3. The van der Waals surface area contributed by atoms with Gasteiger partial charge in [0.05, 0.1) is 22.1 Å². The summed E-state index contributed by atoms with van der Waals surface area (Å²) in [6, 6.07) is 5.36. The zero-order valence-corrected chi connectivity index (χ0v) is 22.0. The number of benzene rings is 1. The molecule has 1 aromatic carbocycles. The van der Waals surface area contributed by atoms with Crippen LogP contribution in [0.4, 0.5) is 11.5 Å². The van der Waals surface area contributed by atoms with Crippen LogP contribution in [0.3, 0.4) is 0 Å². The highest BCUT2D eigenvalue weighted by molar-refractivity contribution is 7.91. The second-order valence-electron chi connectivity index (χ2n) is 8.66. The molecule has 3 heterocycles. The van der Waals surface area contributed by atoms with Crippen LogP contribution in [0.1, 0.15) is 25.3 Å². The molecule has 184 valence electrons. The minimum absolute atomic E-state index is 0.305. The first-order chi connectivity index (χ1) is 16.8. The highest BCUT2D eigenvalue weighted by Crippen LogP contribution is 2.45. The van der Waals surface area contributed by atoms with Crippen molar-refractivity contribution in [2.45, 2.75) is 30.9 Å². The first kappa shape index (κ1) is 24.4. The molecule has 1 unspecified atom stereocenters. The Kier molecular flexibility index (Phi) is 6.50. The Morgan fingerprint density at radius 2 is 2.06 bits per heavy atom. The lowest BCUT2D eigenvalue weighted by Gasteiger charge is -2.32. The molecule has 0 spiro atoms. The summed E-state index contributed by atoms with van der Waals surface area (Å²) in [6.07, 6.45) is 10.6. The molecule has 1 aliphatic carbocycles. The Morgan fingerprint density at radius 3 is 2.80 bits per heavy atom. The average molecular weight is 554 g/mol. The molecule has 0 bridgehead atoms. The van der Waals surface area contributed by atoms with E-state index >= 15 is 0 Å². The number of hydrogen-bond acceptors (Lipinski definition) is 6. The molecule has 5 rings (SSSR count). The van der Waals surface area contributed by atoms with E-state index < -0.39 is 14.8 Å².